The molecule has 0 aliphatic heterocycles. The topological polar surface area (TPSA) is 92.3 Å². The highest BCUT2D eigenvalue weighted by Gasteiger charge is 2.09. The fourth-order valence-electron chi connectivity index (χ4n) is 0.968. The lowest BCUT2D eigenvalue weighted by Crippen LogP contribution is -2.02. The minimum Gasteiger partial charge on any atom is -0.476 e. The zero-order valence-electron chi connectivity index (χ0n) is 8.61. The number of nitrogens with zero attached hydrogens (tertiary/aromatic N) is 1. The van der Waals surface area contributed by atoms with Crippen LogP contribution in [0.5, 0.6) is 0 Å². The van der Waals surface area contributed by atoms with Crippen LogP contribution in [0.15, 0.2) is 6.20 Å². The number of H-pyrrole nitrogens is 1. The van der Waals surface area contributed by atoms with Crippen molar-refractivity contribution in [3.8, 4) is 11.8 Å². The third kappa shape index (κ3) is 3.13. The van der Waals surface area contributed by atoms with Gasteiger partial charge in [0.25, 0.3) is 0 Å². The Morgan fingerprint density at radius 2 is 2.38 bits per heavy atom. The highest BCUT2D eigenvalue weighted by molar-refractivity contribution is 5.88. The summed E-state index contributed by atoms with van der Waals surface area (Å²) in [6, 6.07) is 0. The zero-order chi connectivity index (χ0) is 12.0. The number of hydrogen-bond acceptors (Lipinski definition) is 4. The number of rotatable bonds is 3. The predicted octanol–water partition coefficient (Wildman–Crippen LogP) is 0.413. The van der Waals surface area contributed by atoms with Crippen LogP contribution in [-0.2, 0) is 9.53 Å². The number of carbonyl (C=O) groups excluding carboxylic acids is 1. The molecule has 84 valence electrons. The SMILES string of the molecule is CCOC(=O)CC#Cc1cn[nH]c1C(=O)O. The summed E-state index contributed by atoms with van der Waals surface area (Å²) in [5, 5.41) is 14.6. The molecule has 0 bridgehead atoms. The van der Waals surface area contributed by atoms with Gasteiger partial charge in [0.1, 0.15) is 6.42 Å². The highest BCUT2D eigenvalue weighted by atomic mass is 16.5. The van der Waals surface area contributed by atoms with E-state index in [1.165, 1.54) is 6.20 Å². The molecule has 1 rings (SSSR count). The molecule has 0 aliphatic carbocycles. The molecule has 0 atom stereocenters. The summed E-state index contributed by atoms with van der Waals surface area (Å²) >= 11 is 0. The average Bonchev–Trinajstić information content (AvgIpc) is 2.66. The summed E-state index contributed by atoms with van der Waals surface area (Å²) in [5.74, 6) is 3.48. The Balaban J connectivity index is 2.66. The van der Waals surface area contributed by atoms with Crippen LogP contribution in [0.2, 0.25) is 0 Å². The molecule has 0 saturated heterocycles. The van der Waals surface area contributed by atoms with Gasteiger partial charge in [-0.2, -0.15) is 5.10 Å². The molecule has 1 aromatic rings. The van der Waals surface area contributed by atoms with Crippen LogP contribution in [-0.4, -0.2) is 33.8 Å². The monoisotopic (exact) mass is 222 g/mol. The Morgan fingerprint density at radius 3 is 3.00 bits per heavy atom. The van der Waals surface area contributed by atoms with Gasteiger partial charge in [-0.3, -0.25) is 9.89 Å². The van der Waals surface area contributed by atoms with Crippen LogP contribution in [0.1, 0.15) is 29.4 Å². The lowest BCUT2D eigenvalue weighted by molar-refractivity contribution is -0.141. The van der Waals surface area contributed by atoms with Gasteiger partial charge in [0, 0.05) is 0 Å². The molecule has 16 heavy (non-hydrogen) atoms. The van der Waals surface area contributed by atoms with E-state index in [9.17, 15) is 9.59 Å². The predicted molar refractivity (Wildman–Crippen MR) is 53.7 cm³/mol. The van der Waals surface area contributed by atoms with Crippen molar-refractivity contribution in [3.63, 3.8) is 0 Å². The summed E-state index contributed by atoms with van der Waals surface area (Å²) in [6.45, 7) is 2.00. The number of aromatic nitrogens is 2. The Bertz CT molecular complexity index is 453. The van der Waals surface area contributed by atoms with Crippen LogP contribution in [0, 0.1) is 11.8 Å². The quantitative estimate of drug-likeness (QED) is 0.571. The molecule has 0 radical (unpaired) electrons. The number of carboxylic acids is 1. The molecule has 0 saturated carbocycles. The van der Waals surface area contributed by atoms with Crippen molar-refractivity contribution < 1.29 is 19.4 Å². The molecular weight excluding hydrogens is 212 g/mol. The van der Waals surface area contributed by atoms with E-state index in [1.54, 1.807) is 6.92 Å². The maximum atomic E-state index is 10.9. The maximum Gasteiger partial charge on any atom is 0.355 e. The lowest BCUT2D eigenvalue weighted by atomic mass is 10.2. The van der Waals surface area contributed by atoms with Gasteiger partial charge in [0.2, 0.25) is 0 Å². The van der Waals surface area contributed by atoms with Crippen molar-refractivity contribution in [1.29, 1.82) is 0 Å². The molecule has 6 heteroatoms. The number of carboxylic acid groups (broad SMARTS) is 1. The number of hydrogen-bond donors (Lipinski definition) is 2. The number of aromatic carboxylic acids is 1. The van der Waals surface area contributed by atoms with E-state index in [1.807, 2.05) is 0 Å². The van der Waals surface area contributed by atoms with Gasteiger partial charge < -0.3 is 9.84 Å². The van der Waals surface area contributed by atoms with Crippen LogP contribution in [0.3, 0.4) is 0 Å². The Kier molecular flexibility index (Phi) is 4.09. The molecule has 0 fully saturated rings. The molecule has 2 N–H and O–H groups in total. The second-order valence-corrected chi connectivity index (χ2v) is 2.75. The van der Waals surface area contributed by atoms with Crippen molar-refractivity contribution in [2.45, 2.75) is 13.3 Å². The zero-order valence-corrected chi connectivity index (χ0v) is 8.61. The van der Waals surface area contributed by atoms with Gasteiger partial charge in [-0.1, -0.05) is 11.8 Å². The second kappa shape index (κ2) is 5.56. The maximum absolute atomic E-state index is 10.9. The van der Waals surface area contributed by atoms with Gasteiger partial charge in [0.05, 0.1) is 18.4 Å². The molecule has 0 amide bonds. The summed E-state index contributed by atoms with van der Waals surface area (Å²) in [7, 11) is 0. The van der Waals surface area contributed by atoms with Crippen molar-refractivity contribution in [2.75, 3.05) is 6.61 Å². The molecular formula is C10H10N2O4. The van der Waals surface area contributed by atoms with Gasteiger partial charge in [-0.15, -0.1) is 0 Å². The first-order valence-electron chi connectivity index (χ1n) is 4.56. The minimum absolute atomic E-state index is 0.0714. The van der Waals surface area contributed by atoms with Crippen molar-refractivity contribution in [1.82, 2.24) is 10.2 Å². The molecule has 0 unspecified atom stereocenters. The Labute approximate surface area is 91.6 Å². The van der Waals surface area contributed by atoms with E-state index in [-0.39, 0.29) is 17.7 Å². The summed E-state index contributed by atoms with van der Waals surface area (Å²) in [6.07, 6.45) is 1.22. The van der Waals surface area contributed by atoms with Gasteiger partial charge >= 0.3 is 11.9 Å². The first kappa shape index (κ1) is 11.8. The summed E-state index contributed by atoms with van der Waals surface area (Å²) in [4.78, 5) is 21.6. The van der Waals surface area contributed by atoms with Crippen LogP contribution >= 0.6 is 0 Å². The fourth-order valence-corrected chi connectivity index (χ4v) is 0.968. The van der Waals surface area contributed by atoms with Crippen molar-refractivity contribution in [2.24, 2.45) is 0 Å². The van der Waals surface area contributed by atoms with Gasteiger partial charge in [0.15, 0.2) is 5.69 Å². The highest BCUT2D eigenvalue weighted by Crippen LogP contribution is 2.01. The second-order valence-electron chi connectivity index (χ2n) is 2.75. The molecule has 1 heterocycles. The van der Waals surface area contributed by atoms with Crippen LogP contribution in [0.25, 0.3) is 0 Å². The van der Waals surface area contributed by atoms with E-state index in [4.69, 9.17) is 5.11 Å². The van der Waals surface area contributed by atoms with E-state index in [2.05, 4.69) is 26.8 Å². The Morgan fingerprint density at radius 1 is 1.62 bits per heavy atom. The number of nitrogens with one attached hydrogen (secondary N) is 1. The number of carbonyl (C=O) groups is 2. The van der Waals surface area contributed by atoms with E-state index in [0.29, 0.717) is 6.61 Å². The summed E-state index contributed by atoms with van der Waals surface area (Å²) in [5.41, 5.74) is 0.160. The molecule has 6 nitrogen and oxygen atoms in total. The largest absolute Gasteiger partial charge is 0.476 e. The number of ether oxygens (including phenoxy) is 1. The normalized spacial score (nSPS) is 9.06. The van der Waals surface area contributed by atoms with E-state index in [0.717, 1.165) is 0 Å². The van der Waals surface area contributed by atoms with Gasteiger partial charge in [-0.25, -0.2) is 4.79 Å². The van der Waals surface area contributed by atoms with Crippen LogP contribution < -0.4 is 0 Å². The molecule has 0 aliphatic rings. The third-order valence-corrected chi connectivity index (χ3v) is 1.61. The summed E-state index contributed by atoms with van der Waals surface area (Å²) < 4.78 is 4.66. The smallest absolute Gasteiger partial charge is 0.355 e. The average molecular weight is 222 g/mol. The van der Waals surface area contributed by atoms with Crippen molar-refractivity contribution in [3.05, 3.63) is 17.5 Å². The number of esters is 1. The lowest BCUT2D eigenvalue weighted by Gasteiger charge is -1.94. The molecule has 0 spiro atoms. The fraction of sp³-hybridized carbons (Fsp3) is 0.300. The first-order chi connectivity index (χ1) is 7.65. The van der Waals surface area contributed by atoms with Crippen molar-refractivity contribution >= 4 is 11.9 Å². The Hall–Kier alpha value is -2.29. The minimum atomic E-state index is -1.14. The number of aromatic amines is 1. The van der Waals surface area contributed by atoms with E-state index >= 15 is 0 Å². The van der Waals surface area contributed by atoms with E-state index < -0.39 is 11.9 Å². The van der Waals surface area contributed by atoms with Crippen LogP contribution in [0.4, 0.5) is 0 Å². The first-order valence-corrected chi connectivity index (χ1v) is 4.56. The molecule has 0 aromatic carbocycles. The molecule has 1 aromatic heterocycles. The van der Waals surface area contributed by atoms with Gasteiger partial charge in [-0.05, 0) is 6.92 Å². The standard InChI is InChI=1S/C10H10N2O4/c1-2-16-8(13)5-3-4-7-6-11-12-9(7)10(14)15/h6H,2,5H2,1H3,(H,11,12)(H,14,15). The third-order valence-electron chi connectivity index (χ3n) is 1.61.